The molecule has 0 bridgehead atoms. The van der Waals surface area contributed by atoms with Gasteiger partial charge in [-0.3, -0.25) is 0 Å². The Morgan fingerprint density at radius 3 is 2.50 bits per heavy atom. The van der Waals surface area contributed by atoms with Gasteiger partial charge in [0.05, 0.1) is 18.8 Å². The van der Waals surface area contributed by atoms with E-state index >= 15 is 0 Å². The molecule has 0 radical (unpaired) electrons. The molecule has 0 amide bonds. The van der Waals surface area contributed by atoms with Gasteiger partial charge in [0.2, 0.25) is 0 Å². The van der Waals surface area contributed by atoms with Crippen molar-refractivity contribution in [1.82, 2.24) is 0 Å². The molecule has 3 heteroatoms. The summed E-state index contributed by atoms with van der Waals surface area (Å²) in [6.45, 7) is 0.763. The van der Waals surface area contributed by atoms with Crippen molar-refractivity contribution >= 4 is 20.7 Å². The molecule has 0 aromatic heterocycles. The molecule has 1 aromatic carbocycles. The quantitative estimate of drug-likeness (QED) is 0.648. The molecule has 0 atom stereocenters. The minimum absolute atomic E-state index is 0.466. The predicted octanol–water partition coefficient (Wildman–Crippen LogP) is -0.766. The fraction of sp³-hybridized carbons (Fsp3) is 0.455. The lowest BCUT2D eigenvalue weighted by Gasteiger charge is -2.29. The van der Waals surface area contributed by atoms with Crippen molar-refractivity contribution < 1.29 is 10.5 Å². The molecule has 0 saturated heterocycles. The third kappa shape index (κ3) is 2.59. The third-order valence-electron chi connectivity index (χ3n) is 2.80. The van der Waals surface area contributed by atoms with Gasteiger partial charge in [-0.1, -0.05) is 24.3 Å². The Bertz CT molecular complexity index is 293. The Morgan fingerprint density at radius 1 is 1.29 bits per heavy atom. The van der Waals surface area contributed by atoms with Crippen LogP contribution in [0.25, 0.3) is 0 Å². The van der Waals surface area contributed by atoms with Gasteiger partial charge in [-0.05, 0) is 5.56 Å². The highest BCUT2D eigenvalue weighted by Gasteiger charge is 2.29. The maximum absolute atomic E-state index is 5.75. The molecule has 1 aromatic rings. The largest absolute Gasteiger partial charge is 0.373 e. The van der Waals surface area contributed by atoms with Crippen LogP contribution < -0.4 is 10.2 Å². The third-order valence-corrected chi connectivity index (χ3v) is 3.47. The van der Waals surface area contributed by atoms with Crippen LogP contribution in [0.1, 0.15) is 18.4 Å². The molecule has 1 aliphatic carbocycles. The summed E-state index contributed by atoms with van der Waals surface area (Å²) in [6.07, 6.45) is 2.74. The van der Waals surface area contributed by atoms with Gasteiger partial charge in [0.1, 0.15) is 0 Å². The van der Waals surface area contributed by atoms with Gasteiger partial charge in [0.25, 0.3) is 16.3 Å². The van der Waals surface area contributed by atoms with Gasteiger partial charge < -0.3 is 10.5 Å². The molecule has 0 unspecified atom stereocenters. The molecule has 3 N–H and O–H groups in total. The summed E-state index contributed by atoms with van der Waals surface area (Å²) in [5.74, 6) is 0. The Labute approximate surface area is 92.9 Å². The number of rotatable bonds is 3. The van der Waals surface area contributed by atoms with Crippen molar-refractivity contribution in [3.05, 3.63) is 29.8 Å². The van der Waals surface area contributed by atoms with Crippen LogP contribution >= 0.6 is 0 Å². The minimum atomic E-state index is 0.466. The zero-order chi connectivity index (χ0) is 9.97. The molecule has 0 spiro atoms. The molecule has 1 fully saturated rings. The van der Waals surface area contributed by atoms with Crippen molar-refractivity contribution in [3.63, 3.8) is 0 Å². The van der Waals surface area contributed by atoms with E-state index in [4.69, 9.17) is 4.74 Å². The lowest BCUT2D eigenvalue weighted by molar-refractivity contribution is -0.449. The molecule has 0 aliphatic heterocycles. The number of ether oxygens (including phenoxy) is 1. The van der Waals surface area contributed by atoms with E-state index in [-0.39, 0.29) is 0 Å². The zero-order valence-electron chi connectivity index (χ0n) is 8.70. The molecule has 2 rings (SSSR count). The monoisotopic (exact) mass is 206 g/mol. The Kier molecular flexibility index (Phi) is 3.25. The molecule has 2 nitrogen and oxygen atoms in total. The maximum Gasteiger partial charge on any atom is 0.258 e. The van der Waals surface area contributed by atoms with Crippen LogP contribution in [0.15, 0.2) is 24.3 Å². The summed E-state index contributed by atoms with van der Waals surface area (Å²) in [5, 5.41) is 0. The lowest BCUT2D eigenvalue weighted by Crippen LogP contribution is -2.68. The highest BCUT2D eigenvalue weighted by Crippen LogP contribution is 2.20. The summed E-state index contributed by atoms with van der Waals surface area (Å²) < 4.78 is 7.19. The zero-order valence-corrected chi connectivity index (χ0v) is 10.7. The van der Waals surface area contributed by atoms with Gasteiger partial charge in [-0.2, -0.15) is 0 Å². The Balaban J connectivity index is 1.78. The van der Waals surface area contributed by atoms with Crippen molar-refractivity contribution in [2.24, 2.45) is 0 Å². The molecule has 74 valence electrons. The van der Waals surface area contributed by atoms with Crippen LogP contribution in [0.2, 0.25) is 0 Å². The molecule has 0 heterocycles. The van der Waals surface area contributed by atoms with E-state index in [0.717, 1.165) is 35.7 Å². The number of hydrogen-bond donors (Lipinski definition) is 1. The SMILES string of the molecule is [NH3+]C1CC(OCc2cc[c]([AlH2])cc2)C1. The average Bonchev–Trinajstić information content (AvgIpc) is 2.13. The summed E-state index contributed by atoms with van der Waals surface area (Å²) in [4.78, 5) is 0. The second kappa shape index (κ2) is 4.46. The highest BCUT2D eigenvalue weighted by atomic mass is 27.0. The van der Waals surface area contributed by atoms with E-state index in [1.54, 1.807) is 0 Å². The Hall–Kier alpha value is -0.328. The van der Waals surface area contributed by atoms with Gasteiger partial charge in [0.15, 0.2) is 0 Å². The first-order valence-electron chi connectivity index (χ1n) is 5.24. The van der Waals surface area contributed by atoms with E-state index in [1.807, 2.05) is 0 Å². The second-order valence-corrected chi connectivity index (χ2v) is 5.41. The fourth-order valence-corrected chi connectivity index (χ4v) is 2.04. The first-order valence-corrected chi connectivity index (χ1v) is 6.24. The molecular formula is C11H17AlNO+. The van der Waals surface area contributed by atoms with Gasteiger partial charge >= 0.3 is 0 Å². The molecule has 14 heavy (non-hydrogen) atoms. The summed E-state index contributed by atoms with van der Waals surface area (Å²) in [6, 6.07) is 9.35. The second-order valence-electron chi connectivity index (χ2n) is 4.26. The van der Waals surface area contributed by atoms with Crippen LogP contribution in [0.3, 0.4) is 0 Å². The van der Waals surface area contributed by atoms with Crippen molar-refractivity contribution in [3.8, 4) is 0 Å². The number of benzene rings is 1. The van der Waals surface area contributed by atoms with Crippen LogP contribution in [0.5, 0.6) is 0 Å². The minimum Gasteiger partial charge on any atom is -0.373 e. The van der Waals surface area contributed by atoms with Gasteiger partial charge in [-0.25, -0.2) is 0 Å². The number of hydrogen-bond acceptors (Lipinski definition) is 1. The predicted molar refractivity (Wildman–Crippen MR) is 59.1 cm³/mol. The average molecular weight is 206 g/mol. The van der Waals surface area contributed by atoms with E-state index < -0.39 is 0 Å². The van der Waals surface area contributed by atoms with Crippen LogP contribution in [0.4, 0.5) is 0 Å². The summed E-state index contributed by atoms with van der Waals surface area (Å²) >= 11 is 1.13. The first kappa shape index (κ1) is 10.2. The normalized spacial score (nSPS) is 25.8. The smallest absolute Gasteiger partial charge is 0.258 e. The van der Waals surface area contributed by atoms with Crippen molar-refractivity contribution in [1.29, 1.82) is 0 Å². The topological polar surface area (TPSA) is 36.9 Å². The summed E-state index contributed by atoms with van der Waals surface area (Å²) in [5.41, 5.74) is 5.27. The first-order chi connectivity index (χ1) is 6.74. The van der Waals surface area contributed by atoms with Gasteiger partial charge in [-0.15, -0.1) is 4.43 Å². The summed E-state index contributed by atoms with van der Waals surface area (Å²) in [7, 11) is 0. The standard InChI is InChI=1S/C11H14NO.Al.2H/c12-10-6-11(7-10)13-8-9-4-2-1-3-5-9;;;/h2-5,10-11H,6-8,12H2;;;/p+1. The van der Waals surface area contributed by atoms with E-state index in [9.17, 15) is 0 Å². The molecular weight excluding hydrogens is 189 g/mol. The maximum atomic E-state index is 5.75. The van der Waals surface area contributed by atoms with E-state index in [1.165, 1.54) is 9.99 Å². The van der Waals surface area contributed by atoms with E-state index in [2.05, 4.69) is 30.0 Å². The van der Waals surface area contributed by atoms with Crippen LogP contribution in [-0.2, 0) is 11.3 Å². The fourth-order valence-electron chi connectivity index (χ4n) is 1.71. The van der Waals surface area contributed by atoms with E-state index in [0.29, 0.717) is 12.1 Å². The van der Waals surface area contributed by atoms with Crippen molar-refractivity contribution in [2.45, 2.75) is 31.6 Å². The Morgan fingerprint density at radius 2 is 1.93 bits per heavy atom. The van der Waals surface area contributed by atoms with Crippen molar-refractivity contribution in [2.75, 3.05) is 0 Å². The highest BCUT2D eigenvalue weighted by molar-refractivity contribution is 6.32. The number of quaternary nitrogens is 1. The molecule has 1 saturated carbocycles. The van der Waals surface area contributed by atoms with Gasteiger partial charge in [0, 0.05) is 12.8 Å². The van der Waals surface area contributed by atoms with Crippen LogP contribution in [-0.4, -0.2) is 28.4 Å². The van der Waals surface area contributed by atoms with Crippen LogP contribution in [0, 0.1) is 0 Å². The lowest BCUT2D eigenvalue weighted by atomic mass is 9.90. The molecule has 1 aliphatic rings.